The van der Waals surface area contributed by atoms with E-state index in [0.29, 0.717) is 13.0 Å². The fourth-order valence-corrected chi connectivity index (χ4v) is 2.52. The first-order valence-electron chi connectivity index (χ1n) is 7.97. The van der Waals surface area contributed by atoms with Gasteiger partial charge in [-0.2, -0.15) is 0 Å². The summed E-state index contributed by atoms with van der Waals surface area (Å²) in [6.45, 7) is 2.48. The molecule has 0 aromatic heterocycles. The zero-order valence-corrected chi connectivity index (χ0v) is 14.6. The van der Waals surface area contributed by atoms with E-state index in [1.807, 2.05) is 25.1 Å². The lowest BCUT2D eigenvalue weighted by Gasteiger charge is -2.19. The molecule has 0 atom stereocenters. The molecular weight excluding hydrogens is 326 g/mol. The van der Waals surface area contributed by atoms with Crippen LogP contribution in [0, 0.1) is 18.6 Å². The summed E-state index contributed by atoms with van der Waals surface area (Å²) in [6.07, 6.45) is 0.620. The van der Waals surface area contributed by atoms with E-state index >= 15 is 0 Å². The molecule has 0 aliphatic rings. The fourth-order valence-electron chi connectivity index (χ4n) is 2.52. The van der Waals surface area contributed by atoms with Crippen molar-refractivity contribution in [3.8, 4) is 5.75 Å². The van der Waals surface area contributed by atoms with Gasteiger partial charge in [-0.3, -0.25) is 0 Å². The molecule has 2 amide bonds. The van der Waals surface area contributed by atoms with E-state index in [9.17, 15) is 13.6 Å². The van der Waals surface area contributed by atoms with Crippen LogP contribution in [-0.4, -0.2) is 31.6 Å². The molecule has 0 aliphatic carbocycles. The molecule has 0 bridgehead atoms. The monoisotopic (exact) mass is 348 g/mol. The van der Waals surface area contributed by atoms with Crippen LogP contribution < -0.4 is 10.1 Å². The van der Waals surface area contributed by atoms with Crippen molar-refractivity contribution in [3.05, 3.63) is 64.7 Å². The lowest BCUT2D eigenvalue weighted by molar-refractivity contribution is 0.206. The van der Waals surface area contributed by atoms with Crippen molar-refractivity contribution in [1.29, 1.82) is 0 Å². The molecule has 1 N–H and O–H groups in total. The second-order valence-corrected chi connectivity index (χ2v) is 5.89. The van der Waals surface area contributed by atoms with Gasteiger partial charge < -0.3 is 15.0 Å². The van der Waals surface area contributed by atoms with E-state index in [4.69, 9.17) is 4.74 Å². The van der Waals surface area contributed by atoms with Crippen molar-refractivity contribution < 1.29 is 18.3 Å². The van der Waals surface area contributed by atoms with Gasteiger partial charge in [-0.25, -0.2) is 13.6 Å². The van der Waals surface area contributed by atoms with Crippen LogP contribution in [0.5, 0.6) is 5.75 Å². The highest BCUT2D eigenvalue weighted by Crippen LogP contribution is 2.19. The summed E-state index contributed by atoms with van der Waals surface area (Å²) in [7, 11) is 3.17. The molecule has 134 valence electrons. The lowest BCUT2D eigenvalue weighted by Crippen LogP contribution is -2.38. The number of nitrogens with one attached hydrogen (secondary N) is 1. The van der Waals surface area contributed by atoms with Crippen LogP contribution in [0.15, 0.2) is 36.4 Å². The molecule has 0 spiro atoms. The number of nitrogens with zero attached hydrogens (tertiary/aromatic N) is 1. The third kappa shape index (κ3) is 5.17. The molecule has 2 aromatic rings. The van der Waals surface area contributed by atoms with Gasteiger partial charge in [0.1, 0.15) is 17.4 Å². The topological polar surface area (TPSA) is 41.6 Å². The Morgan fingerprint density at radius 2 is 1.92 bits per heavy atom. The first-order chi connectivity index (χ1) is 11.9. The Balaban J connectivity index is 1.88. The van der Waals surface area contributed by atoms with Crippen molar-refractivity contribution in [2.45, 2.75) is 19.9 Å². The molecule has 0 saturated carbocycles. The van der Waals surface area contributed by atoms with Crippen LogP contribution in [0.25, 0.3) is 0 Å². The number of amides is 2. The molecular formula is C19H22F2N2O2. The van der Waals surface area contributed by atoms with Gasteiger partial charge in [-0.05, 0) is 31.0 Å². The Labute approximate surface area is 146 Å². The van der Waals surface area contributed by atoms with Crippen LogP contribution in [-0.2, 0) is 13.0 Å². The zero-order valence-electron chi connectivity index (χ0n) is 14.6. The first kappa shape index (κ1) is 18.7. The number of ether oxygens (including phenoxy) is 1. The number of hydrogen-bond acceptors (Lipinski definition) is 2. The summed E-state index contributed by atoms with van der Waals surface area (Å²) in [6, 6.07) is 8.88. The van der Waals surface area contributed by atoms with E-state index < -0.39 is 11.6 Å². The van der Waals surface area contributed by atoms with Crippen molar-refractivity contribution in [2.75, 3.05) is 20.7 Å². The first-order valence-corrected chi connectivity index (χ1v) is 7.97. The number of halogens is 2. The molecule has 25 heavy (non-hydrogen) atoms. The van der Waals surface area contributed by atoms with Crippen molar-refractivity contribution >= 4 is 6.03 Å². The zero-order chi connectivity index (χ0) is 18.4. The van der Waals surface area contributed by atoms with Gasteiger partial charge in [0.2, 0.25) is 0 Å². The number of rotatable bonds is 6. The van der Waals surface area contributed by atoms with Gasteiger partial charge in [0.15, 0.2) is 0 Å². The van der Waals surface area contributed by atoms with Crippen LogP contribution in [0.3, 0.4) is 0 Å². The number of carbonyl (C=O) groups is 1. The van der Waals surface area contributed by atoms with E-state index in [1.165, 1.54) is 17.0 Å². The van der Waals surface area contributed by atoms with Crippen LogP contribution in [0.1, 0.15) is 16.7 Å². The second kappa shape index (κ2) is 8.46. The van der Waals surface area contributed by atoms with Gasteiger partial charge in [0, 0.05) is 31.8 Å². The predicted octanol–water partition coefficient (Wildman–Crippen LogP) is 3.67. The van der Waals surface area contributed by atoms with E-state index in [-0.39, 0.29) is 18.1 Å². The second-order valence-electron chi connectivity index (χ2n) is 5.89. The molecule has 0 radical (unpaired) electrons. The summed E-state index contributed by atoms with van der Waals surface area (Å²) in [5.41, 5.74) is 2.39. The maximum absolute atomic E-state index is 13.7. The maximum atomic E-state index is 13.7. The highest BCUT2D eigenvalue weighted by Gasteiger charge is 2.12. The number of methoxy groups -OCH3 is 1. The molecule has 0 fully saturated rings. The molecule has 0 aliphatic heterocycles. The highest BCUT2D eigenvalue weighted by molar-refractivity contribution is 5.73. The fraction of sp³-hybridized carbons (Fsp3) is 0.316. The maximum Gasteiger partial charge on any atom is 0.317 e. The summed E-state index contributed by atoms with van der Waals surface area (Å²) in [4.78, 5) is 13.5. The minimum absolute atomic E-state index is 0.0612. The molecule has 0 saturated heterocycles. The van der Waals surface area contributed by atoms with Crippen molar-refractivity contribution in [1.82, 2.24) is 10.2 Å². The Morgan fingerprint density at radius 3 is 2.60 bits per heavy atom. The largest absolute Gasteiger partial charge is 0.496 e. The van der Waals surface area contributed by atoms with Crippen molar-refractivity contribution in [2.24, 2.45) is 0 Å². The quantitative estimate of drug-likeness (QED) is 0.865. The van der Waals surface area contributed by atoms with E-state index in [0.717, 1.165) is 22.9 Å². The normalized spacial score (nSPS) is 10.4. The number of urea groups is 1. The average Bonchev–Trinajstić information content (AvgIpc) is 2.57. The smallest absolute Gasteiger partial charge is 0.317 e. The summed E-state index contributed by atoms with van der Waals surface area (Å²) < 4.78 is 31.9. The molecule has 6 heteroatoms. The summed E-state index contributed by atoms with van der Waals surface area (Å²) >= 11 is 0. The van der Waals surface area contributed by atoms with Crippen LogP contribution in [0.4, 0.5) is 13.6 Å². The Bertz CT molecular complexity index is 750. The standard InChI is InChI=1S/C19H22F2N2O2/c1-13-4-7-18(25-3)14(10-13)8-9-22-19(24)23(2)12-15-5-6-16(20)11-17(15)21/h4-7,10-11H,8-9,12H2,1-3H3,(H,22,24). The molecule has 0 unspecified atom stereocenters. The number of hydrogen-bond donors (Lipinski definition) is 1. The Kier molecular flexibility index (Phi) is 6.33. The number of aryl methyl sites for hydroxylation is 1. The number of benzene rings is 2. The van der Waals surface area contributed by atoms with Gasteiger partial charge in [0.25, 0.3) is 0 Å². The predicted molar refractivity (Wildman–Crippen MR) is 92.7 cm³/mol. The Hall–Kier alpha value is -2.63. The number of carbonyl (C=O) groups excluding carboxylic acids is 1. The van der Waals surface area contributed by atoms with Crippen LogP contribution in [0.2, 0.25) is 0 Å². The third-order valence-electron chi connectivity index (χ3n) is 3.88. The van der Waals surface area contributed by atoms with Gasteiger partial charge >= 0.3 is 6.03 Å². The third-order valence-corrected chi connectivity index (χ3v) is 3.88. The van der Waals surface area contributed by atoms with Gasteiger partial charge in [-0.15, -0.1) is 0 Å². The molecule has 2 rings (SSSR count). The summed E-state index contributed by atoms with van der Waals surface area (Å²) in [5.74, 6) is -0.522. The molecule has 2 aromatic carbocycles. The Morgan fingerprint density at radius 1 is 1.16 bits per heavy atom. The minimum atomic E-state index is -0.663. The van der Waals surface area contributed by atoms with E-state index in [1.54, 1.807) is 14.2 Å². The lowest BCUT2D eigenvalue weighted by atomic mass is 10.1. The highest BCUT2D eigenvalue weighted by atomic mass is 19.1. The van der Waals surface area contributed by atoms with E-state index in [2.05, 4.69) is 5.32 Å². The van der Waals surface area contributed by atoms with Crippen LogP contribution >= 0.6 is 0 Å². The minimum Gasteiger partial charge on any atom is -0.496 e. The van der Waals surface area contributed by atoms with Gasteiger partial charge in [-0.1, -0.05) is 23.8 Å². The van der Waals surface area contributed by atoms with Crippen molar-refractivity contribution in [3.63, 3.8) is 0 Å². The van der Waals surface area contributed by atoms with Gasteiger partial charge in [0.05, 0.1) is 7.11 Å². The molecule has 4 nitrogen and oxygen atoms in total. The summed E-state index contributed by atoms with van der Waals surface area (Å²) in [5, 5.41) is 2.79. The molecule has 0 heterocycles. The average molecular weight is 348 g/mol. The SMILES string of the molecule is COc1ccc(C)cc1CCNC(=O)N(C)Cc1ccc(F)cc1F.